The molecule has 0 aliphatic rings. The maximum absolute atomic E-state index is 5.49. The highest BCUT2D eigenvalue weighted by molar-refractivity contribution is 5.30. The standard InChI is InChI=1S/C12H18N6/c1-17(8-11-7-16-18(2)9-11)12-14-5-10(3-4-13)6-15-12/h5-7,9H,3-4,8,13H2,1-2H3. The van der Waals surface area contributed by atoms with Crippen molar-refractivity contribution in [1.29, 1.82) is 0 Å². The maximum atomic E-state index is 5.49. The zero-order valence-electron chi connectivity index (χ0n) is 10.7. The smallest absolute Gasteiger partial charge is 0.225 e. The third-order valence-electron chi connectivity index (χ3n) is 2.64. The Labute approximate surface area is 106 Å². The molecule has 2 aromatic rings. The zero-order chi connectivity index (χ0) is 13.0. The minimum Gasteiger partial charge on any atom is -0.339 e. The first-order valence-corrected chi connectivity index (χ1v) is 5.88. The van der Waals surface area contributed by atoms with E-state index in [2.05, 4.69) is 15.1 Å². The van der Waals surface area contributed by atoms with Crippen LogP contribution in [0.25, 0.3) is 0 Å². The summed E-state index contributed by atoms with van der Waals surface area (Å²) in [5.74, 6) is 0.708. The summed E-state index contributed by atoms with van der Waals surface area (Å²) in [4.78, 5) is 10.7. The quantitative estimate of drug-likeness (QED) is 0.824. The third-order valence-corrected chi connectivity index (χ3v) is 2.64. The highest BCUT2D eigenvalue weighted by atomic mass is 15.3. The molecule has 0 radical (unpaired) electrons. The minimum absolute atomic E-state index is 0.619. The zero-order valence-corrected chi connectivity index (χ0v) is 10.7. The van der Waals surface area contributed by atoms with E-state index in [1.807, 2.05) is 43.8 Å². The Morgan fingerprint density at radius 1 is 1.22 bits per heavy atom. The van der Waals surface area contributed by atoms with E-state index in [1.165, 1.54) is 0 Å². The molecule has 2 heterocycles. The fourth-order valence-electron chi connectivity index (χ4n) is 1.74. The van der Waals surface area contributed by atoms with Gasteiger partial charge in [-0.1, -0.05) is 0 Å². The van der Waals surface area contributed by atoms with Crippen molar-refractivity contribution >= 4 is 5.95 Å². The number of aromatic nitrogens is 4. The summed E-state index contributed by atoms with van der Waals surface area (Å²) in [6.07, 6.45) is 8.30. The van der Waals surface area contributed by atoms with Gasteiger partial charge in [-0.25, -0.2) is 9.97 Å². The van der Waals surface area contributed by atoms with Gasteiger partial charge in [-0.05, 0) is 18.5 Å². The molecular formula is C12H18N6. The SMILES string of the molecule is CN(Cc1cnn(C)c1)c1ncc(CCN)cn1. The summed E-state index contributed by atoms with van der Waals surface area (Å²) < 4.78 is 1.79. The largest absolute Gasteiger partial charge is 0.339 e. The van der Waals surface area contributed by atoms with Crippen molar-refractivity contribution in [1.82, 2.24) is 19.7 Å². The Bertz CT molecular complexity index is 490. The van der Waals surface area contributed by atoms with E-state index < -0.39 is 0 Å². The van der Waals surface area contributed by atoms with Gasteiger partial charge in [-0.15, -0.1) is 0 Å². The van der Waals surface area contributed by atoms with E-state index in [0.29, 0.717) is 12.5 Å². The van der Waals surface area contributed by atoms with Crippen LogP contribution in [0.2, 0.25) is 0 Å². The second-order valence-electron chi connectivity index (χ2n) is 4.31. The van der Waals surface area contributed by atoms with Crippen LogP contribution in [-0.4, -0.2) is 33.3 Å². The van der Waals surface area contributed by atoms with Crippen LogP contribution in [0.15, 0.2) is 24.8 Å². The van der Waals surface area contributed by atoms with Crippen LogP contribution in [0.3, 0.4) is 0 Å². The van der Waals surface area contributed by atoms with Crippen LogP contribution in [0.5, 0.6) is 0 Å². The van der Waals surface area contributed by atoms with Crippen LogP contribution in [0.1, 0.15) is 11.1 Å². The van der Waals surface area contributed by atoms with Crippen LogP contribution in [0.4, 0.5) is 5.95 Å². The number of nitrogens with two attached hydrogens (primary N) is 1. The molecule has 0 saturated heterocycles. The molecule has 0 spiro atoms. The summed E-state index contributed by atoms with van der Waals surface area (Å²) in [5, 5.41) is 4.14. The van der Waals surface area contributed by atoms with Gasteiger partial charge in [0.05, 0.1) is 6.20 Å². The molecule has 0 saturated carbocycles. The lowest BCUT2D eigenvalue weighted by Crippen LogP contribution is -2.19. The van der Waals surface area contributed by atoms with Gasteiger partial charge in [-0.3, -0.25) is 4.68 Å². The Morgan fingerprint density at radius 2 is 1.94 bits per heavy atom. The highest BCUT2D eigenvalue weighted by Gasteiger charge is 2.06. The summed E-state index contributed by atoms with van der Waals surface area (Å²) in [7, 11) is 3.87. The molecule has 0 atom stereocenters. The molecule has 0 unspecified atom stereocenters. The lowest BCUT2D eigenvalue weighted by molar-refractivity contribution is 0.766. The van der Waals surface area contributed by atoms with Crippen molar-refractivity contribution in [2.45, 2.75) is 13.0 Å². The lowest BCUT2D eigenvalue weighted by Gasteiger charge is -2.15. The molecule has 18 heavy (non-hydrogen) atoms. The number of hydrogen-bond acceptors (Lipinski definition) is 5. The average Bonchev–Trinajstić information content (AvgIpc) is 2.76. The molecule has 6 heteroatoms. The molecule has 96 valence electrons. The molecule has 0 bridgehead atoms. The van der Waals surface area contributed by atoms with Crippen LogP contribution in [0, 0.1) is 0 Å². The molecule has 0 amide bonds. The summed E-state index contributed by atoms with van der Waals surface area (Å²) in [6, 6.07) is 0. The molecule has 0 fully saturated rings. The van der Waals surface area contributed by atoms with E-state index in [1.54, 1.807) is 4.68 Å². The molecule has 6 nitrogen and oxygen atoms in total. The Balaban J connectivity index is 2.02. The number of nitrogens with zero attached hydrogens (tertiary/aromatic N) is 5. The number of aryl methyl sites for hydroxylation is 1. The molecule has 0 aliphatic carbocycles. The molecular weight excluding hydrogens is 228 g/mol. The van der Waals surface area contributed by atoms with Crippen LogP contribution >= 0.6 is 0 Å². The van der Waals surface area contributed by atoms with Gasteiger partial charge in [0.15, 0.2) is 0 Å². The van der Waals surface area contributed by atoms with Crippen molar-refractivity contribution in [2.24, 2.45) is 12.8 Å². The molecule has 2 rings (SSSR count). The van der Waals surface area contributed by atoms with E-state index in [9.17, 15) is 0 Å². The summed E-state index contributed by atoms with van der Waals surface area (Å²) in [5.41, 5.74) is 7.69. The summed E-state index contributed by atoms with van der Waals surface area (Å²) in [6.45, 7) is 1.36. The third kappa shape index (κ3) is 3.04. The molecule has 0 aliphatic heterocycles. The predicted octanol–water partition coefficient (Wildman–Crippen LogP) is 0.348. The normalized spacial score (nSPS) is 10.6. The minimum atomic E-state index is 0.619. The first-order chi connectivity index (χ1) is 8.69. The van der Waals surface area contributed by atoms with E-state index in [0.717, 1.165) is 24.1 Å². The Morgan fingerprint density at radius 3 is 2.50 bits per heavy atom. The fourth-order valence-corrected chi connectivity index (χ4v) is 1.74. The van der Waals surface area contributed by atoms with Crippen molar-refractivity contribution in [2.75, 3.05) is 18.5 Å². The van der Waals surface area contributed by atoms with Gasteiger partial charge in [0.1, 0.15) is 0 Å². The van der Waals surface area contributed by atoms with Crippen LogP contribution < -0.4 is 10.6 Å². The van der Waals surface area contributed by atoms with Gasteiger partial charge in [0, 0.05) is 44.8 Å². The van der Waals surface area contributed by atoms with Crippen molar-refractivity contribution in [3.8, 4) is 0 Å². The fraction of sp³-hybridized carbons (Fsp3) is 0.417. The van der Waals surface area contributed by atoms with Gasteiger partial charge in [0.2, 0.25) is 5.95 Å². The van der Waals surface area contributed by atoms with E-state index in [-0.39, 0.29) is 0 Å². The highest BCUT2D eigenvalue weighted by Crippen LogP contribution is 2.09. The predicted molar refractivity (Wildman–Crippen MR) is 70.1 cm³/mol. The second kappa shape index (κ2) is 5.59. The number of anilines is 1. The average molecular weight is 246 g/mol. The first kappa shape index (κ1) is 12.5. The van der Waals surface area contributed by atoms with Gasteiger partial charge < -0.3 is 10.6 Å². The van der Waals surface area contributed by atoms with Gasteiger partial charge >= 0.3 is 0 Å². The second-order valence-corrected chi connectivity index (χ2v) is 4.31. The van der Waals surface area contributed by atoms with Crippen molar-refractivity contribution < 1.29 is 0 Å². The van der Waals surface area contributed by atoms with Crippen molar-refractivity contribution in [3.05, 3.63) is 35.9 Å². The molecule has 2 N–H and O–H groups in total. The monoisotopic (exact) mass is 246 g/mol. The maximum Gasteiger partial charge on any atom is 0.225 e. The molecule has 0 aromatic carbocycles. The van der Waals surface area contributed by atoms with E-state index >= 15 is 0 Å². The summed E-state index contributed by atoms with van der Waals surface area (Å²) >= 11 is 0. The Kier molecular flexibility index (Phi) is 3.88. The lowest BCUT2D eigenvalue weighted by atomic mass is 10.2. The first-order valence-electron chi connectivity index (χ1n) is 5.88. The number of rotatable bonds is 5. The van der Waals surface area contributed by atoms with Gasteiger partial charge in [-0.2, -0.15) is 5.10 Å². The molecule has 2 aromatic heterocycles. The Hall–Kier alpha value is -1.95. The van der Waals surface area contributed by atoms with Gasteiger partial charge in [0.25, 0.3) is 0 Å². The topological polar surface area (TPSA) is 72.9 Å². The van der Waals surface area contributed by atoms with Crippen LogP contribution in [-0.2, 0) is 20.0 Å². The van der Waals surface area contributed by atoms with E-state index in [4.69, 9.17) is 5.73 Å². The van der Waals surface area contributed by atoms with Crippen molar-refractivity contribution in [3.63, 3.8) is 0 Å². The number of hydrogen-bond donors (Lipinski definition) is 1.